The van der Waals surface area contributed by atoms with Gasteiger partial charge in [0.25, 0.3) is 0 Å². The van der Waals surface area contributed by atoms with Crippen LogP contribution in [-0.2, 0) is 14.3 Å². The summed E-state index contributed by atoms with van der Waals surface area (Å²) in [5.41, 5.74) is 0. The second kappa shape index (κ2) is 4.41. The molecule has 0 aromatic heterocycles. The van der Waals surface area contributed by atoms with Gasteiger partial charge in [-0.25, -0.2) is 0 Å². The number of hydrogen-bond donors (Lipinski definition) is 0. The first-order chi connectivity index (χ1) is 6.41. The lowest BCUT2D eigenvalue weighted by atomic mass is 10.0. The molecule has 0 N–H and O–H groups in total. The summed E-state index contributed by atoms with van der Waals surface area (Å²) in [6.07, 6.45) is 1.18. The molecule has 0 spiro atoms. The number of carbonyl (C=O) groups is 1. The molecule has 0 aromatic carbocycles. The summed E-state index contributed by atoms with van der Waals surface area (Å²) < 4.78 is 10.8. The molecule has 3 nitrogen and oxygen atoms in total. The van der Waals surface area contributed by atoms with Gasteiger partial charge in [-0.3, -0.25) is 4.79 Å². The average Bonchev–Trinajstić information content (AvgIpc) is 2.41. The first-order valence-corrected chi connectivity index (χ1v) is 5.25. The van der Waals surface area contributed by atoms with Gasteiger partial charge >= 0.3 is 0 Å². The molecule has 0 amide bonds. The molecule has 0 bridgehead atoms. The standard InChI is InChI=1S/C11H20O3/c1-8(2)5-6-9(12)10-7-13-11(3,4)14-10/h8,10H,5-7H2,1-4H3/t10-/m1/s1. The fourth-order valence-corrected chi connectivity index (χ4v) is 1.44. The smallest absolute Gasteiger partial charge is 0.164 e. The van der Waals surface area contributed by atoms with E-state index in [9.17, 15) is 4.79 Å². The molecule has 1 saturated heterocycles. The van der Waals surface area contributed by atoms with Crippen molar-refractivity contribution in [2.24, 2.45) is 5.92 Å². The Morgan fingerprint density at radius 1 is 1.50 bits per heavy atom. The number of ether oxygens (including phenoxy) is 2. The number of ketones is 1. The SMILES string of the molecule is CC(C)CCC(=O)[C@H]1COC(C)(C)O1. The second-order valence-corrected chi connectivity index (χ2v) is 4.72. The molecule has 82 valence electrons. The quantitative estimate of drug-likeness (QED) is 0.697. The van der Waals surface area contributed by atoms with Crippen LogP contribution < -0.4 is 0 Å². The van der Waals surface area contributed by atoms with Crippen molar-refractivity contribution in [3.8, 4) is 0 Å². The van der Waals surface area contributed by atoms with Crippen LogP contribution in [0.25, 0.3) is 0 Å². The van der Waals surface area contributed by atoms with Crippen molar-refractivity contribution in [2.45, 2.75) is 52.4 Å². The monoisotopic (exact) mass is 200 g/mol. The Hall–Kier alpha value is -0.410. The number of hydrogen-bond acceptors (Lipinski definition) is 3. The Balaban J connectivity index is 2.33. The van der Waals surface area contributed by atoms with Crippen LogP contribution in [0.2, 0.25) is 0 Å². The second-order valence-electron chi connectivity index (χ2n) is 4.72. The van der Waals surface area contributed by atoms with Crippen molar-refractivity contribution in [3.05, 3.63) is 0 Å². The summed E-state index contributed by atoms with van der Waals surface area (Å²) in [5.74, 6) is 0.150. The van der Waals surface area contributed by atoms with Crippen LogP contribution >= 0.6 is 0 Å². The predicted molar refractivity (Wildman–Crippen MR) is 54.0 cm³/mol. The van der Waals surface area contributed by atoms with Crippen LogP contribution in [0.1, 0.15) is 40.5 Å². The van der Waals surface area contributed by atoms with Gasteiger partial charge in [-0.2, -0.15) is 0 Å². The lowest BCUT2D eigenvalue weighted by molar-refractivity contribution is -0.152. The molecule has 0 unspecified atom stereocenters. The topological polar surface area (TPSA) is 35.5 Å². The molecule has 0 radical (unpaired) electrons. The van der Waals surface area contributed by atoms with Crippen LogP contribution in [-0.4, -0.2) is 24.3 Å². The normalized spacial score (nSPS) is 25.6. The third-order valence-corrected chi connectivity index (χ3v) is 2.34. The van der Waals surface area contributed by atoms with Crippen molar-refractivity contribution in [2.75, 3.05) is 6.61 Å². The molecule has 0 saturated carbocycles. The first-order valence-electron chi connectivity index (χ1n) is 5.25. The van der Waals surface area contributed by atoms with E-state index in [0.29, 0.717) is 18.9 Å². The van der Waals surface area contributed by atoms with Crippen molar-refractivity contribution >= 4 is 5.78 Å². The van der Waals surface area contributed by atoms with Gasteiger partial charge in [0, 0.05) is 6.42 Å². The number of carbonyl (C=O) groups excluding carboxylic acids is 1. The Morgan fingerprint density at radius 2 is 2.14 bits per heavy atom. The Labute approximate surface area is 85.8 Å². The summed E-state index contributed by atoms with van der Waals surface area (Å²) >= 11 is 0. The summed E-state index contributed by atoms with van der Waals surface area (Å²) in [6.45, 7) is 8.31. The summed E-state index contributed by atoms with van der Waals surface area (Å²) in [7, 11) is 0. The van der Waals surface area contributed by atoms with E-state index in [1.54, 1.807) is 0 Å². The molecule has 1 heterocycles. The zero-order valence-electron chi connectivity index (χ0n) is 9.50. The van der Waals surface area contributed by atoms with E-state index in [0.717, 1.165) is 6.42 Å². The summed E-state index contributed by atoms with van der Waals surface area (Å²) in [5, 5.41) is 0. The minimum Gasteiger partial charge on any atom is -0.347 e. The molecule has 1 aliphatic rings. The van der Waals surface area contributed by atoms with Crippen LogP contribution in [0.5, 0.6) is 0 Å². The molecular weight excluding hydrogens is 180 g/mol. The maximum absolute atomic E-state index is 11.6. The van der Waals surface area contributed by atoms with E-state index in [1.807, 2.05) is 13.8 Å². The fraction of sp³-hybridized carbons (Fsp3) is 0.909. The Bertz CT molecular complexity index is 209. The molecule has 0 aromatic rings. The van der Waals surface area contributed by atoms with Gasteiger partial charge in [0.05, 0.1) is 6.61 Å². The van der Waals surface area contributed by atoms with E-state index in [1.165, 1.54) is 0 Å². The lowest BCUT2D eigenvalue weighted by Gasteiger charge is -2.16. The van der Waals surface area contributed by atoms with E-state index >= 15 is 0 Å². The van der Waals surface area contributed by atoms with Crippen molar-refractivity contribution in [3.63, 3.8) is 0 Å². The zero-order chi connectivity index (χ0) is 10.8. The van der Waals surface area contributed by atoms with E-state index < -0.39 is 5.79 Å². The van der Waals surface area contributed by atoms with Gasteiger partial charge < -0.3 is 9.47 Å². The van der Waals surface area contributed by atoms with Crippen molar-refractivity contribution in [1.29, 1.82) is 0 Å². The Morgan fingerprint density at radius 3 is 2.57 bits per heavy atom. The van der Waals surface area contributed by atoms with E-state index in [-0.39, 0.29) is 11.9 Å². The van der Waals surface area contributed by atoms with Gasteiger partial charge in [-0.1, -0.05) is 13.8 Å². The van der Waals surface area contributed by atoms with Gasteiger partial charge in [0.2, 0.25) is 0 Å². The summed E-state index contributed by atoms with van der Waals surface area (Å²) in [6, 6.07) is 0. The third-order valence-electron chi connectivity index (χ3n) is 2.34. The lowest BCUT2D eigenvalue weighted by Crippen LogP contribution is -2.26. The minimum absolute atomic E-state index is 0.171. The van der Waals surface area contributed by atoms with E-state index in [4.69, 9.17) is 9.47 Å². The highest BCUT2D eigenvalue weighted by Gasteiger charge is 2.36. The van der Waals surface area contributed by atoms with Gasteiger partial charge in [-0.05, 0) is 26.2 Å². The summed E-state index contributed by atoms with van der Waals surface area (Å²) in [4.78, 5) is 11.6. The van der Waals surface area contributed by atoms with Gasteiger partial charge in [0.15, 0.2) is 11.6 Å². The number of Topliss-reactive ketones (excluding diaryl/α,β-unsaturated/α-hetero) is 1. The molecule has 1 atom stereocenters. The van der Waals surface area contributed by atoms with E-state index in [2.05, 4.69) is 13.8 Å². The predicted octanol–water partition coefficient (Wildman–Crippen LogP) is 2.14. The van der Waals surface area contributed by atoms with Crippen molar-refractivity contribution in [1.82, 2.24) is 0 Å². The van der Waals surface area contributed by atoms with Crippen molar-refractivity contribution < 1.29 is 14.3 Å². The molecule has 1 aliphatic heterocycles. The maximum Gasteiger partial charge on any atom is 0.164 e. The first kappa shape index (κ1) is 11.7. The highest BCUT2D eigenvalue weighted by molar-refractivity contribution is 5.83. The fourth-order valence-electron chi connectivity index (χ4n) is 1.44. The molecule has 14 heavy (non-hydrogen) atoms. The molecule has 0 aliphatic carbocycles. The molecule has 3 heteroatoms. The maximum atomic E-state index is 11.6. The van der Waals surface area contributed by atoms with Crippen LogP contribution in [0.3, 0.4) is 0 Å². The highest BCUT2D eigenvalue weighted by atomic mass is 16.7. The largest absolute Gasteiger partial charge is 0.347 e. The molecule has 1 rings (SSSR count). The highest BCUT2D eigenvalue weighted by Crippen LogP contribution is 2.23. The van der Waals surface area contributed by atoms with Crippen LogP contribution in [0, 0.1) is 5.92 Å². The van der Waals surface area contributed by atoms with Gasteiger partial charge in [0.1, 0.15) is 6.10 Å². The molecule has 1 fully saturated rings. The number of rotatable bonds is 4. The van der Waals surface area contributed by atoms with Gasteiger partial charge in [-0.15, -0.1) is 0 Å². The zero-order valence-corrected chi connectivity index (χ0v) is 9.50. The average molecular weight is 200 g/mol. The molecular formula is C11H20O3. The van der Waals surface area contributed by atoms with Crippen LogP contribution in [0.4, 0.5) is 0 Å². The Kier molecular flexibility index (Phi) is 3.67. The van der Waals surface area contributed by atoms with Crippen LogP contribution in [0.15, 0.2) is 0 Å². The minimum atomic E-state index is -0.585. The third kappa shape index (κ3) is 3.39.